The van der Waals surface area contributed by atoms with Gasteiger partial charge in [0.15, 0.2) is 5.65 Å². The summed E-state index contributed by atoms with van der Waals surface area (Å²) in [6.07, 6.45) is 6.91. The minimum atomic E-state index is 0.315. The van der Waals surface area contributed by atoms with Crippen molar-refractivity contribution < 1.29 is 0 Å². The van der Waals surface area contributed by atoms with E-state index in [4.69, 9.17) is 22.3 Å². The fourth-order valence-electron chi connectivity index (χ4n) is 3.33. The fraction of sp³-hybridized carbons (Fsp3) is 0.368. The SMILES string of the molecule is CN[C@H]1CCCN(c2cnc3nc(Sc4ccnc(N)c4Cl)ccc3n2)CC1. The summed E-state index contributed by atoms with van der Waals surface area (Å²) in [6, 6.07) is 6.28. The molecule has 1 atom stereocenters. The molecule has 7 nitrogen and oxygen atoms in total. The molecule has 0 aromatic carbocycles. The van der Waals surface area contributed by atoms with E-state index in [1.54, 1.807) is 6.20 Å². The average Bonchev–Trinajstić information content (AvgIpc) is 2.97. The number of hydrogen-bond donors (Lipinski definition) is 2. The summed E-state index contributed by atoms with van der Waals surface area (Å²) in [6.45, 7) is 1.98. The molecule has 0 radical (unpaired) electrons. The summed E-state index contributed by atoms with van der Waals surface area (Å²) in [5.41, 5.74) is 7.18. The highest BCUT2D eigenvalue weighted by Gasteiger charge is 2.17. The number of nitrogens with one attached hydrogen (secondary N) is 1. The van der Waals surface area contributed by atoms with Crippen molar-refractivity contribution in [2.75, 3.05) is 30.8 Å². The molecule has 0 bridgehead atoms. The lowest BCUT2D eigenvalue weighted by atomic mass is 10.1. The molecule has 28 heavy (non-hydrogen) atoms. The third-order valence-electron chi connectivity index (χ3n) is 4.92. The Morgan fingerprint density at radius 2 is 2.07 bits per heavy atom. The van der Waals surface area contributed by atoms with Crippen molar-refractivity contribution in [3.8, 4) is 0 Å². The lowest BCUT2D eigenvalue weighted by Gasteiger charge is -2.21. The molecule has 3 aromatic heterocycles. The lowest BCUT2D eigenvalue weighted by molar-refractivity contribution is 0.512. The molecular weight excluding hydrogens is 394 g/mol. The zero-order valence-electron chi connectivity index (χ0n) is 15.6. The molecule has 1 saturated heterocycles. The molecule has 3 N–H and O–H groups in total. The molecule has 0 aliphatic carbocycles. The summed E-state index contributed by atoms with van der Waals surface area (Å²) in [4.78, 5) is 21.1. The second-order valence-corrected chi connectivity index (χ2v) is 8.17. The standard InChI is InChI=1S/C19H22ClN7S/c1-22-12-3-2-9-27(10-7-12)15-11-24-19-13(25-15)4-5-16(26-19)28-14-6-8-23-18(21)17(14)20/h4-6,8,11-12,22H,2-3,7,9-10H2,1H3,(H2,21,23)/t12-/m0/s1. The molecule has 4 heterocycles. The molecule has 9 heteroatoms. The minimum Gasteiger partial charge on any atom is -0.382 e. The molecule has 4 rings (SSSR count). The quantitative estimate of drug-likeness (QED) is 0.669. The zero-order chi connectivity index (χ0) is 19.5. The first-order valence-electron chi connectivity index (χ1n) is 9.28. The number of aromatic nitrogens is 4. The molecule has 0 saturated carbocycles. The Labute approximate surface area is 173 Å². The summed E-state index contributed by atoms with van der Waals surface area (Å²) in [5.74, 6) is 1.23. The van der Waals surface area contributed by atoms with E-state index in [9.17, 15) is 0 Å². The van der Waals surface area contributed by atoms with Gasteiger partial charge in [-0.25, -0.2) is 19.9 Å². The van der Waals surface area contributed by atoms with Gasteiger partial charge in [0.05, 0.1) is 11.2 Å². The Morgan fingerprint density at radius 1 is 1.18 bits per heavy atom. The lowest BCUT2D eigenvalue weighted by Crippen LogP contribution is -2.28. The van der Waals surface area contributed by atoms with E-state index in [1.807, 2.05) is 31.4 Å². The third kappa shape index (κ3) is 4.14. The van der Waals surface area contributed by atoms with Gasteiger partial charge in [0.25, 0.3) is 0 Å². The van der Waals surface area contributed by atoms with E-state index < -0.39 is 0 Å². The van der Waals surface area contributed by atoms with E-state index in [0.717, 1.165) is 47.2 Å². The highest BCUT2D eigenvalue weighted by Crippen LogP contribution is 2.34. The molecule has 1 aliphatic heterocycles. The second-order valence-electron chi connectivity index (χ2n) is 6.73. The van der Waals surface area contributed by atoms with E-state index in [2.05, 4.69) is 25.2 Å². The van der Waals surface area contributed by atoms with Gasteiger partial charge < -0.3 is 16.0 Å². The first kappa shape index (κ1) is 19.2. The van der Waals surface area contributed by atoms with Gasteiger partial charge in [-0.3, -0.25) is 0 Å². The zero-order valence-corrected chi connectivity index (χ0v) is 17.2. The summed E-state index contributed by atoms with van der Waals surface area (Å²) in [7, 11) is 2.03. The maximum atomic E-state index is 6.23. The van der Waals surface area contributed by atoms with Crippen LogP contribution in [0.4, 0.5) is 11.6 Å². The molecule has 1 aliphatic rings. The molecule has 146 valence electrons. The van der Waals surface area contributed by atoms with Crippen molar-refractivity contribution in [3.05, 3.63) is 35.6 Å². The summed E-state index contributed by atoms with van der Waals surface area (Å²) < 4.78 is 0. The predicted octanol–water partition coefficient (Wildman–Crippen LogP) is 3.38. The highest BCUT2D eigenvalue weighted by molar-refractivity contribution is 7.99. The molecule has 0 spiro atoms. The highest BCUT2D eigenvalue weighted by atomic mass is 35.5. The minimum absolute atomic E-state index is 0.315. The van der Waals surface area contributed by atoms with Crippen LogP contribution in [0, 0.1) is 0 Å². The maximum absolute atomic E-state index is 6.23. The monoisotopic (exact) mass is 415 g/mol. The normalized spacial score (nSPS) is 17.6. The van der Waals surface area contributed by atoms with Gasteiger partial charge in [0.2, 0.25) is 0 Å². The van der Waals surface area contributed by atoms with Crippen molar-refractivity contribution >= 4 is 46.2 Å². The number of halogens is 1. The van der Waals surface area contributed by atoms with Crippen LogP contribution in [0.5, 0.6) is 0 Å². The van der Waals surface area contributed by atoms with Crippen LogP contribution in [-0.2, 0) is 0 Å². The second kappa shape index (κ2) is 8.46. The Hall–Kier alpha value is -2.16. The van der Waals surface area contributed by atoms with E-state index >= 15 is 0 Å². The molecule has 3 aromatic rings. The van der Waals surface area contributed by atoms with Crippen LogP contribution < -0.4 is 16.0 Å². The Balaban J connectivity index is 1.55. The first-order valence-corrected chi connectivity index (χ1v) is 10.5. The van der Waals surface area contributed by atoms with Crippen LogP contribution in [0.1, 0.15) is 19.3 Å². The molecule has 0 amide bonds. The number of rotatable bonds is 4. The van der Waals surface area contributed by atoms with Gasteiger partial charge in [-0.15, -0.1) is 0 Å². The van der Waals surface area contributed by atoms with Gasteiger partial charge in [0, 0.05) is 30.2 Å². The van der Waals surface area contributed by atoms with Gasteiger partial charge in [-0.1, -0.05) is 23.4 Å². The number of nitrogens with zero attached hydrogens (tertiary/aromatic N) is 5. The van der Waals surface area contributed by atoms with Crippen molar-refractivity contribution in [1.82, 2.24) is 25.3 Å². The number of pyridine rings is 2. The number of nitrogen functional groups attached to an aromatic ring is 1. The Bertz CT molecular complexity index is 984. The Morgan fingerprint density at radius 3 is 2.93 bits per heavy atom. The third-order valence-corrected chi connectivity index (χ3v) is 6.43. The Kier molecular flexibility index (Phi) is 5.79. The van der Waals surface area contributed by atoms with Gasteiger partial charge in [0.1, 0.15) is 22.2 Å². The molecular formula is C19H22ClN7S. The van der Waals surface area contributed by atoms with E-state index in [0.29, 0.717) is 22.5 Å². The van der Waals surface area contributed by atoms with Crippen LogP contribution in [-0.4, -0.2) is 46.1 Å². The van der Waals surface area contributed by atoms with Gasteiger partial charge in [-0.05, 0) is 44.5 Å². The average molecular weight is 416 g/mol. The van der Waals surface area contributed by atoms with Crippen LogP contribution >= 0.6 is 23.4 Å². The number of fused-ring (bicyclic) bond motifs is 1. The summed E-state index contributed by atoms with van der Waals surface area (Å²) in [5, 5.41) is 4.61. The van der Waals surface area contributed by atoms with Crippen molar-refractivity contribution in [1.29, 1.82) is 0 Å². The smallest absolute Gasteiger partial charge is 0.179 e. The van der Waals surface area contributed by atoms with Crippen molar-refractivity contribution in [3.63, 3.8) is 0 Å². The number of hydrogen-bond acceptors (Lipinski definition) is 8. The maximum Gasteiger partial charge on any atom is 0.179 e. The van der Waals surface area contributed by atoms with Crippen LogP contribution in [0.3, 0.4) is 0 Å². The number of nitrogens with two attached hydrogens (primary N) is 1. The number of anilines is 2. The van der Waals surface area contributed by atoms with Crippen LogP contribution in [0.15, 0.2) is 40.5 Å². The topological polar surface area (TPSA) is 92.8 Å². The fourth-order valence-corrected chi connectivity index (χ4v) is 4.38. The van der Waals surface area contributed by atoms with Gasteiger partial charge in [-0.2, -0.15) is 0 Å². The molecule has 1 fully saturated rings. The largest absolute Gasteiger partial charge is 0.382 e. The first-order chi connectivity index (χ1) is 13.6. The summed E-state index contributed by atoms with van der Waals surface area (Å²) >= 11 is 7.66. The van der Waals surface area contributed by atoms with Crippen molar-refractivity contribution in [2.45, 2.75) is 35.2 Å². The van der Waals surface area contributed by atoms with Crippen molar-refractivity contribution in [2.24, 2.45) is 0 Å². The molecule has 0 unspecified atom stereocenters. The van der Waals surface area contributed by atoms with E-state index in [-0.39, 0.29) is 0 Å². The van der Waals surface area contributed by atoms with Gasteiger partial charge >= 0.3 is 0 Å². The van der Waals surface area contributed by atoms with Crippen LogP contribution in [0.25, 0.3) is 11.2 Å². The predicted molar refractivity (Wildman–Crippen MR) is 114 cm³/mol. The van der Waals surface area contributed by atoms with Crippen LogP contribution in [0.2, 0.25) is 5.02 Å². The van der Waals surface area contributed by atoms with E-state index in [1.165, 1.54) is 18.2 Å².